The Morgan fingerprint density at radius 3 is 2.37 bits per heavy atom. The number of ether oxygens (including phenoxy) is 1. The number of amides is 1. The number of nitrogens with two attached hydrogens (primary N) is 1. The zero-order chi connectivity index (χ0) is 21.7. The SMILES string of the molecule is CC(NC(=O)COC(=O)c1occc1-c1ccccc1)c1ccc(S(N)(=O)=O)cc1. The molecule has 0 spiro atoms. The Labute approximate surface area is 173 Å². The highest BCUT2D eigenvalue weighted by atomic mass is 32.2. The second-order valence-corrected chi connectivity index (χ2v) is 8.07. The maximum atomic E-state index is 12.3. The number of sulfonamides is 1. The topological polar surface area (TPSA) is 129 Å². The van der Waals surface area contributed by atoms with Gasteiger partial charge in [-0.15, -0.1) is 0 Å². The van der Waals surface area contributed by atoms with Crippen LogP contribution in [0.3, 0.4) is 0 Å². The van der Waals surface area contributed by atoms with Crippen LogP contribution in [0.5, 0.6) is 0 Å². The van der Waals surface area contributed by atoms with E-state index in [1.165, 1.54) is 18.4 Å². The molecule has 1 atom stereocenters. The maximum absolute atomic E-state index is 12.3. The van der Waals surface area contributed by atoms with Crippen LogP contribution < -0.4 is 10.5 Å². The third kappa shape index (κ3) is 5.13. The van der Waals surface area contributed by atoms with E-state index in [9.17, 15) is 18.0 Å². The second kappa shape index (κ2) is 8.93. The van der Waals surface area contributed by atoms with Gasteiger partial charge >= 0.3 is 5.97 Å². The molecule has 0 aliphatic carbocycles. The Bertz CT molecular complexity index is 1140. The molecular formula is C21H20N2O6S. The summed E-state index contributed by atoms with van der Waals surface area (Å²) in [5.74, 6) is -1.25. The van der Waals surface area contributed by atoms with Crippen molar-refractivity contribution < 1.29 is 27.2 Å². The highest BCUT2D eigenvalue weighted by Gasteiger charge is 2.20. The zero-order valence-electron chi connectivity index (χ0n) is 16.1. The molecular weight excluding hydrogens is 408 g/mol. The number of carbonyl (C=O) groups is 2. The molecule has 0 saturated heterocycles. The summed E-state index contributed by atoms with van der Waals surface area (Å²) in [6, 6.07) is 16.2. The molecule has 1 unspecified atom stereocenters. The Morgan fingerprint density at radius 1 is 1.07 bits per heavy atom. The van der Waals surface area contributed by atoms with Gasteiger partial charge in [-0.05, 0) is 36.2 Å². The van der Waals surface area contributed by atoms with E-state index in [1.807, 2.05) is 30.3 Å². The van der Waals surface area contributed by atoms with Crippen LogP contribution in [0.4, 0.5) is 0 Å². The van der Waals surface area contributed by atoms with Gasteiger partial charge in [-0.25, -0.2) is 18.4 Å². The van der Waals surface area contributed by atoms with Crippen LogP contribution in [0.1, 0.15) is 29.1 Å². The van der Waals surface area contributed by atoms with E-state index in [4.69, 9.17) is 14.3 Å². The molecule has 0 aliphatic rings. The molecule has 1 amide bonds. The molecule has 3 N–H and O–H groups in total. The summed E-state index contributed by atoms with van der Waals surface area (Å²) in [6.45, 7) is 1.22. The van der Waals surface area contributed by atoms with Crippen molar-refractivity contribution in [3.05, 3.63) is 78.3 Å². The smallest absolute Gasteiger partial charge is 0.375 e. The summed E-state index contributed by atoms with van der Waals surface area (Å²) in [4.78, 5) is 24.5. The summed E-state index contributed by atoms with van der Waals surface area (Å²) in [5.41, 5.74) is 2.03. The van der Waals surface area contributed by atoms with E-state index in [-0.39, 0.29) is 10.7 Å². The van der Waals surface area contributed by atoms with Crippen LogP contribution in [0.2, 0.25) is 0 Å². The number of esters is 1. The van der Waals surface area contributed by atoms with Crippen LogP contribution in [0, 0.1) is 0 Å². The molecule has 2 aromatic carbocycles. The second-order valence-electron chi connectivity index (χ2n) is 6.51. The van der Waals surface area contributed by atoms with E-state index in [1.54, 1.807) is 25.1 Å². The molecule has 9 heteroatoms. The van der Waals surface area contributed by atoms with E-state index < -0.39 is 34.5 Å². The van der Waals surface area contributed by atoms with Gasteiger partial charge in [0, 0.05) is 5.56 Å². The highest BCUT2D eigenvalue weighted by Crippen LogP contribution is 2.25. The van der Waals surface area contributed by atoms with Gasteiger partial charge in [0.1, 0.15) is 0 Å². The fraction of sp³-hybridized carbons (Fsp3) is 0.143. The molecule has 3 aromatic rings. The summed E-state index contributed by atoms with van der Waals surface area (Å²) in [5, 5.41) is 7.74. The third-order valence-electron chi connectivity index (χ3n) is 4.36. The summed E-state index contributed by atoms with van der Waals surface area (Å²) in [7, 11) is -3.79. The van der Waals surface area contributed by atoms with Crippen molar-refractivity contribution in [2.75, 3.05) is 6.61 Å². The van der Waals surface area contributed by atoms with Crippen LogP contribution >= 0.6 is 0 Å². The number of nitrogens with one attached hydrogen (secondary N) is 1. The summed E-state index contributed by atoms with van der Waals surface area (Å²) < 4.78 is 32.9. The highest BCUT2D eigenvalue weighted by molar-refractivity contribution is 7.89. The number of primary sulfonamides is 1. The average Bonchev–Trinajstić information content (AvgIpc) is 3.22. The van der Waals surface area contributed by atoms with Crippen LogP contribution in [0.15, 0.2) is 76.2 Å². The van der Waals surface area contributed by atoms with Crippen molar-refractivity contribution in [2.45, 2.75) is 17.9 Å². The van der Waals surface area contributed by atoms with Gasteiger partial charge in [0.05, 0.1) is 17.2 Å². The first-order valence-corrected chi connectivity index (χ1v) is 10.5. The van der Waals surface area contributed by atoms with Gasteiger partial charge in [0.25, 0.3) is 5.91 Å². The predicted octanol–water partition coefficient (Wildman–Crippen LogP) is 2.63. The minimum atomic E-state index is -3.79. The number of carbonyl (C=O) groups excluding carboxylic acids is 2. The molecule has 0 aliphatic heterocycles. The summed E-state index contributed by atoms with van der Waals surface area (Å²) in [6.07, 6.45) is 1.38. The van der Waals surface area contributed by atoms with E-state index >= 15 is 0 Å². The molecule has 0 radical (unpaired) electrons. The molecule has 156 valence electrons. The van der Waals surface area contributed by atoms with Crippen LogP contribution in [-0.2, 0) is 19.6 Å². The van der Waals surface area contributed by atoms with Crippen molar-refractivity contribution >= 4 is 21.9 Å². The minimum absolute atomic E-state index is 0.0145. The van der Waals surface area contributed by atoms with Crippen LogP contribution in [0.25, 0.3) is 11.1 Å². The quantitative estimate of drug-likeness (QED) is 0.557. The van der Waals surface area contributed by atoms with Gasteiger partial charge in [-0.1, -0.05) is 42.5 Å². The van der Waals surface area contributed by atoms with Gasteiger partial charge in [0.15, 0.2) is 6.61 Å². The average molecular weight is 428 g/mol. The van der Waals surface area contributed by atoms with Gasteiger partial charge in [-0.3, -0.25) is 4.79 Å². The Morgan fingerprint density at radius 2 is 1.73 bits per heavy atom. The number of benzene rings is 2. The molecule has 1 aromatic heterocycles. The fourth-order valence-corrected chi connectivity index (χ4v) is 3.34. The number of rotatable bonds is 7. The standard InChI is InChI=1S/C21H20N2O6S/c1-14(15-7-9-17(10-8-15)30(22,26)27)23-19(24)13-29-21(25)20-18(11-12-28-20)16-5-3-2-4-6-16/h2-12,14H,13H2,1H3,(H,23,24)(H2,22,26,27). The molecule has 0 saturated carbocycles. The van der Waals surface area contributed by atoms with Crippen molar-refractivity contribution in [1.29, 1.82) is 0 Å². The number of furan rings is 1. The summed E-state index contributed by atoms with van der Waals surface area (Å²) >= 11 is 0. The molecule has 0 bridgehead atoms. The molecule has 3 rings (SSSR count). The molecule has 1 heterocycles. The lowest BCUT2D eigenvalue weighted by Crippen LogP contribution is -2.31. The van der Waals surface area contributed by atoms with Gasteiger partial charge < -0.3 is 14.5 Å². The first-order valence-electron chi connectivity index (χ1n) is 8.98. The van der Waals surface area contributed by atoms with Crippen molar-refractivity contribution in [3.63, 3.8) is 0 Å². The molecule has 0 fully saturated rings. The Balaban J connectivity index is 1.57. The van der Waals surface area contributed by atoms with E-state index in [2.05, 4.69) is 5.32 Å². The minimum Gasteiger partial charge on any atom is -0.457 e. The Kier molecular flexibility index (Phi) is 6.34. The van der Waals surface area contributed by atoms with Gasteiger partial charge in [-0.2, -0.15) is 0 Å². The lowest BCUT2D eigenvalue weighted by atomic mass is 10.1. The van der Waals surface area contributed by atoms with E-state index in [0.29, 0.717) is 11.1 Å². The number of hydrogen-bond donors (Lipinski definition) is 2. The fourth-order valence-electron chi connectivity index (χ4n) is 2.82. The van der Waals surface area contributed by atoms with Crippen molar-refractivity contribution in [2.24, 2.45) is 5.14 Å². The monoisotopic (exact) mass is 428 g/mol. The number of hydrogen-bond acceptors (Lipinski definition) is 6. The molecule has 30 heavy (non-hydrogen) atoms. The molecule has 8 nitrogen and oxygen atoms in total. The van der Waals surface area contributed by atoms with Crippen molar-refractivity contribution in [1.82, 2.24) is 5.32 Å². The largest absolute Gasteiger partial charge is 0.457 e. The zero-order valence-corrected chi connectivity index (χ0v) is 16.9. The first-order chi connectivity index (χ1) is 14.3. The van der Waals surface area contributed by atoms with E-state index in [0.717, 1.165) is 5.56 Å². The van der Waals surface area contributed by atoms with Crippen molar-refractivity contribution in [3.8, 4) is 11.1 Å². The normalized spacial score (nSPS) is 12.2. The lowest BCUT2D eigenvalue weighted by Gasteiger charge is -2.14. The third-order valence-corrected chi connectivity index (χ3v) is 5.29. The predicted molar refractivity (Wildman–Crippen MR) is 109 cm³/mol. The lowest BCUT2D eigenvalue weighted by molar-refractivity contribution is -0.124. The van der Waals surface area contributed by atoms with Gasteiger partial charge in [0.2, 0.25) is 15.8 Å². The van der Waals surface area contributed by atoms with Crippen LogP contribution in [-0.4, -0.2) is 26.9 Å². The maximum Gasteiger partial charge on any atom is 0.375 e. The Hall–Kier alpha value is -3.43. The first kappa shape index (κ1) is 21.3.